The summed E-state index contributed by atoms with van der Waals surface area (Å²) in [4.78, 5) is 4.56. The first-order valence-electron chi connectivity index (χ1n) is 7.43. The van der Waals surface area contributed by atoms with Crippen molar-refractivity contribution >= 4 is 14.5 Å². The molecule has 5 heteroatoms. The van der Waals surface area contributed by atoms with Crippen molar-refractivity contribution in [3.05, 3.63) is 0 Å². The maximum atomic E-state index is 6.29. The van der Waals surface area contributed by atoms with Crippen molar-refractivity contribution in [2.75, 3.05) is 6.61 Å². The van der Waals surface area contributed by atoms with Gasteiger partial charge in [0.05, 0.1) is 6.61 Å². The molecule has 3 atom stereocenters. The van der Waals surface area contributed by atoms with E-state index in [4.69, 9.17) is 13.9 Å². The molecule has 0 unspecified atom stereocenters. The third-order valence-corrected chi connectivity index (χ3v) is 9.24. The van der Waals surface area contributed by atoms with E-state index >= 15 is 0 Å². The fourth-order valence-electron chi connectivity index (χ4n) is 2.56. The molecule has 0 N–H and O–H groups in total. The van der Waals surface area contributed by atoms with Gasteiger partial charge in [-0.2, -0.15) is 0 Å². The Hall–Kier alpha value is -0.233. The standard InChI is InChI=1S/C15H29NO3Si/c1-13(2,3)20(7,8)17-9-11-12-15(6,10-16-11)19-14(4,5)18-12/h10-12H,9H2,1-8H3/t11-,12-,15+/m1/s1. The Labute approximate surface area is 124 Å². The molecule has 1 saturated heterocycles. The average Bonchev–Trinajstić information content (AvgIpc) is 2.62. The van der Waals surface area contributed by atoms with E-state index in [-0.39, 0.29) is 17.2 Å². The first kappa shape index (κ1) is 16.1. The summed E-state index contributed by atoms with van der Waals surface area (Å²) in [6.45, 7) is 17.8. The number of ether oxygens (including phenoxy) is 2. The molecule has 2 rings (SSSR count). The average molecular weight is 299 g/mol. The van der Waals surface area contributed by atoms with Gasteiger partial charge in [0.2, 0.25) is 0 Å². The van der Waals surface area contributed by atoms with Gasteiger partial charge in [0.25, 0.3) is 0 Å². The lowest BCUT2D eigenvalue weighted by Gasteiger charge is -2.37. The van der Waals surface area contributed by atoms with Gasteiger partial charge in [-0.25, -0.2) is 0 Å². The lowest BCUT2D eigenvalue weighted by molar-refractivity contribution is -0.153. The molecule has 0 radical (unpaired) electrons. The maximum Gasteiger partial charge on any atom is 0.192 e. The fraction of sp³-hybridized carbons (Fsp3) is 0.933. The first-order valence-corrected chi connectivity index (χ1v) is 10.3. The predicted octanol–water partition coefficient (Wildman–Crippen LogP) is 3.37. The van der Waals surface area contributed by atoms with Gasteiger partial charge in [0.15, 0.2) is 14.1 Å². The highest BCUT2D eigenvalue weighted by Crippen LogP contribution is 2.42. The molecule has 1 fully saturated rings. The molecule has 0 aromatic rings. The van der Waals surface area contributed by atoms with Gasteiger partial charge in [-0.15, -0.1) is 0 Å². The molecule has 4 nitrogen and oxygen atoms in total. The molecule has 0 spiro atoms. The molecule has 0 aromatic carbocycles. The van der Waals surface area contributed by atoms with Crippen LogP contribution in [0.15, 0.2) is 4.99 Å². The van der Waals surface area contributed by atoms with Crippen LogP contribution in [0.3, 0.4) is 0 Å². The zero-order chi connectivity index (χ0) is 15.4. The third-order valence-electron chi connectivity index (χ3n) is 4.73. The van der Waals surface area contributed by atoms with Crippen molar-refractivity contribution in [1.82, 2.24) is 0 Å². The first-order chi connectivity index (χ1) is 8.86. The quantitative estimate of drug-likeness (QED) is 0.750. The summed E-state index contributed by atoms with van der Waals surface area (Å²) < 4.78 is 18.3. The van der Waals surface area contributed by atoms with E-state index in [0.717, 1.165) is 0 Å². The molecule has 0 saturated carbocycles. The third kappa shape index (κ3) is 2.86. The minimum absolute atomic E-state index is 0.0379. The Bertz CT molecular complexity index is 414. The Balaban J connectivity index is 2.02. The van der Waals surface area contributed by atoms with Gasteiger partial charge in [-0.3, -0.25) is 4.99 Å². The summed E-state index contributed by atoms with van der Waals surface area (Å²) in [7, 11) is -1.75. The van der Waals surface area contributed by atoms with Crippen LogP contribution >= 0.6 is 0 Å². The van der Waals surface area contributed by atoms with Crippen molar-refractivity contribution < 1.29 is 13.9 Å². The summed E-state index contributed by atoms with van der Waals surface area (Å²) in [5, 5.41) is 0.213. The number of rotatable bonds is 3. The molecule has 0 bridgehead atoms. The van der Waals surface area contributed by atoms with Crippen molar-refractivity contribution in [2.24, 2.45) is 4.99 Å². The lowest BCUT2D eigenvalue weighted by Crippen LogP contribution is -2.46. The Morgan fingerprint density at radius 3 is 2.40 bits per heavy atom. The van der Waals surface area contributed by atoms with E-state index < -0.39 is 19.7 Å². The predicted molar refractivity (Wildman–Crippen MR) is 83.9 cm³/mol. The van der Waals surface area contributed by atoms with E-state index in [1.54, 1.807) is 0 Å². The van der Waals surface area contributed by atoms with Crippen LogP contribution in [-0.4, -0.2) is 44.7 Å². The van der Waals surface area contributed by atoms with Crippen LogP contribution in [0.25, 0.3) is 0 Å². The molecule has 2 aliphatic rings. The smallest absolute Gasteiger partial charge is 0.192 e. The van der Waals surface area contributed by atoms with Crippen LogP contribution in [0.4, 0.5) is 0 Å². The number of hydrogen-bond acceptors (Lipinski definition) is 4. The van der Waals surface area contributed by atoms with Crippen molar-refractivity contribution in [2.45, 2.75) is 83.2 Å². The normalized spacial score (nSPS) is 36.4. The largest absolute Gasteiger partial charge is 0.415 e. The molecule has 116 valence electrons. The van der Waals surface area contributed by atoms with E-state index in [0.29, 0.717) is 6.61 Å². The second-order valence-electron chi connectivity index (χ2n) is 8.14. The van der Waals surface area contributed by atoms with Crippen molar-refractivity contribution in [3.8, 4) is 0 Å². The summed E-state index contributed by atoms with van der Waals surface area (Å²) in [5.74, 6) is -0.541. The van der Waals surface area contributed by atoms with Crippen LogP contribution in [-0.2, 0) is 13.9 Å². The molecule has 0 amide bonds. The Morgan fingerprint density at radius 2 is 1.85 bits per heavy atom. The van der Waals surface area contributed by atoms with E-state index in [1.807, 2.05) is 27.0 Å². The van der Waals surface area contributed by atoms with Crippen LogP contribution in [0.2, 0.25) is 18.1 Å². The highest BCUT2D eigenvalue weighted by Gasteiger charge is 2.56. The SMILES string of the molecule is CC1(C)O[C@@H]2[C@@H](CO[Si](C)(C)C(C)(C)C)N=C[C@]2(C)O1. The van der Waals surface area contributed by atoms with Crippen LogP contribution in [0, 0.1) is 0 Å². The molecule has 20 heavy (non-hydrogen) atoms. The summed E-state index contributed by atoms with van der Waals surface area (Å²) >= 11 is 0. The molecule has 0 aliphatic carbocycles. The number of hydrogen-bond donors (Lipinski definition) is 0. The van der Waals surface area contributed by atoms with Crippen LogP contribution in [0.5, 0.6) is 0 Å². The van der Waals surface area contributed by atoms with Gasteiger partial charge < -0.3 is 13.9 Å². The molecule has 2 heterocycles. The van der Waals surface area contributed by atoms with Crippen molar-refractivity contribution in [3.63, 3.8) is 0 Å². The van der Waals surface area contributed by atoms with E-state index in [2.05, 4.69) is 38.9 Å². The van der Waals surface area contributed by atoms with Crippen molar-refractivity contribution in [1.29, 1.82) is 0 Å². The van der Waals surface area contributed by atoms with Crippen LogP contribution < -0.4 is 0 Å². The van der Waals surface area contributed by atoms with E-state index in [9.17, 15) is 0 Å². The number of aliphatic imine (C=N–C) groups is 1. The number of nitrogens with zero attached hydrogens (tertiary/aromatic N) is 1. The minimum atomic E-state index is -1.75. The van der Waals surface area contributed by atoms with Gasteiger partial charge in [-0.1, -0.05) is 20.8 Å². The van der Waals surface area contributed by atoms with Crippen LogP contribution in [0.1, 0.15) is 41.5 Å². The Kier molecular flexibility index (Phi) is 3.74. The molecular formula is C15H29NO3Si. The van der Waals surface area contributed by atoms with E-state index in [1.165, 1.54) is 0 Å². The van der Waals surface area contributed by atoms with Gasteiger partial charge in [0.1, 0.15) is 17.7 Å². The highest BCUT2D eigenvalue weighted by molar-refractivity contribution is 6.74. The topological polar surface area (TPSA) is 40.0 Å². The zero-order valence-electron chi connectivity index (χ0n) is 14.1. The highest BCUT2D eigenvalue weighted by atomic mass is 28.4. The molecule has 0 aromatic heterocycles. The number of fused-ring (bicyclic) bond motifs is 1. The maximum absolute atomic E-state index is 6.29. The lowest BCUT2D eigenvalue weighted by atomic mass is 9.99. The fourth-order valence-corrected chi connectivity index (χ4v) is 3.58. The second kappa shape index (κ2) is 4.63. The monoisotopic (exact) mass is 299 g/mol. The van der Waals surface area contributed by atoms with Gasteiger partial charge in [-0.05, 0) is 38.9 Å². The summed E-state index contributed by atoms with van der Waals surface area (Å²) in [6, 6.07) is 0.0379. The summed E-state index contributed by atoms with van der Waals surface area (Å²) in [6.07, 6.45) is 1.86. The van der Waals surface area contributed by atoms with Gasteiger partial charge in [0, 0.05) is 6.21 Å². The molecule has 2 aliphatic heterocycles. The summed E-state index contributed by atoms with van der Waals surface area (Å²) in [5.41, 5.74) is -0.412. The Morgan fingerprint density at radius 1 is 1.25 bits per heavy atom. The molecular weight excluding hydrogens is 270 g/mol. The van der Waals surface area contributed by atoms with Gasteiger partial charge >= 0.3 is 0 Å². The second-order valence-corrected chi connectivity index (χ2v) is 13.0. The minimum Gasteiger partial charge on any atom is -0.415 e. The zero-order valence-corrected chi connectivity index (χ0v) is 15.1.